The van der Waals surface area contributed by atoms with E-state index in [1.165, 1.54) is 89.6 Å². The first-order valence-corrected chi connectivity index (χ1v) is 15.2. The Morgan fingerprint density at radius 3 is 2.05 bits per heavy atom. The molecule has 1 saturated carbocycles. The van der Waals surface area contributed by atoms with Crippen LogP contribution in [0.5, 0.6) is 0 Å². The Morgan fingerprint density at radius 2 is 1.29 bits per heavy atom. The quantitative estimate of drug-likeness (QED) is 0.229. The molecule has 0 saturated heterocycles. The Bertz CT molecular complexity index is 2340. The first-order chi connectivity index (χ1) is 20.6. The van der Waals surface area contributed by atoms with E-state index >= 15 is 0 Å². The monoisotopic (exact) mass is 540 g/mol. The molecule has 6 aromatic carbocycles. The number of nitrogens with one attached hydrogen (secondary N) is 1. The Morgan fingerprint density at radius 1 is 0.643 bits per heavy atom. The van der Waals surface area contributed by atoms with E-state index in [9.17, 15) is 0 Å². The number of fused-ring (bicyclic) bond motifs is 7. The van der Waals surface area contributed by atoms with Crippen LogP contribution in [-0.2, 0) is 5.41 Å². The third-order valence-corrected chi connectivity index (χ3v) is 10.1. The maximum absolute atomic E-state index is 3.67. The highest BCUT2D eigenvalue weighted by Gasteiger charge is 2.49. The van der Waals surface area contributed by atoms with Crippen molar-refractivity contribution in [2.45, 2.75) is 32.1 Å². The number of benzene rings is 6. The van der Waals surface area contributed by atoms with Gasteiger partial charge >= 0.3 is 0 Å². The van der Waals surface area contributed by atoms with Crippen molar-refractivity contribution in [3.8, 4) is 16.8 Å². The minimum absolute atomic E-state index is 0.326. The molecular weight excluding hydrogens is 508 g/mol. The summed E-state index contributed by atoms with van der Waals surface area (Å²) in [5.41, 5.74) is 10.4. The summed E-state index contributed by atoms with van der Waals surface area (Å²) < 4.78 is 2.41. The molecule has 0 aliphatic heterocycles. The molecular formula is C40H32N2. The highest BCUT2D eigenvalue weighted by Crippen LogP contribution is 2.56. The molecule has 2 unspecified atom stereocenters. The van der Waals surface area contributed by atoms with E-state index in [1.54, 1.807) is 0 Å². The second-order valence-corrected chi connectivity index (χ2v) is 12.5. The normalized spacial score (nSPS) is 18.6. The third kappa shape index (κ3) is 3.39. The first-order valence-electron chi connectivity index (χ1n) is 15.2. The molecule has 9 rings (SSSR count). The van der Waals surface area contributed by atoms with E-state index in [1.807, 2.05) is 0 Å². The molecule has 1 N–H and O–H groups in total. The van der Waals surface area contributed by atoms with Crippen LogP contribution < -0.4 is 0 Å². The standard InChI is InChI=1S/C40H32N2/c1-3-29-24-40(29,2)30-15-17-37-33(23-30)32-19-27(13-16-36(32)41-37)28-14-18-38-34(21-28)35-20-25-9-7-8-10-26(25)22-39(35)42(38)31-11-5-4-6-12-31/h4-23,29,41H,3,24H2,1-2H3. The molecule has 202 valence electrons. The molecule has 2 nitrogen and oxygen atoms in total. The van der Waals surface area contributed by atoms with Crippen molar-refractivity contribution in [3.63, 3.8) is 0 Å². The maximum Gasteiger partial charge on any atom is 0.0547 e. The fourth-order valence-corrected chi connectivity index (χ4v) is 7.57. The van der Waals surface area contributed by atoms with E-state index in [2.05, 4.69) is 145 Å². The third-order valence-electron chi connectivity index (χ3n) is 10.1. The molecule has 0 bridgehead atoms. The van der Waals surface area contributed by atoms with Crippen molar-refractivity contribution in [3.05, 3.63) is 127 Å². The first kappa shape index (κ1) is 23.8. The summed E-state index contributed by atoms with van der Waals surface area (Å²) in [7, 11) is 0. The molecule has 2 atom stereocenters. The van der Waals surface area contributed by atoms with Crippen LogP contribution in [0.3, 0.4) is 0 Å². The Kier molecular flexibility index (Phi) is 4.88. The Hall–Kier alpha value is -4.82. The zero-order chi connectivity index (χ0) is 28.0. The number of H-pyrrole nitrogens is 1. The predicted molar refractivity (Wildman–Crippen MR) is 179 cm³/mol. The van der Waals surface area contributed by atoms with Crippen LogP contribution in [0.25, 0.3) is 71.2 Å². The van der Waals surface area contributed by atoms with Gasteiger partial charge in [-0.3, -0.25) is 0 Å². The number of rotatable bonds is 4. The van der Waals surface area contributed by atoms with Crippen LogP contribution >= 0.6 is 0 Å². The smallest absolute Gasteiger partial charge is 0.0547 e. The van der Waals surface area contributed by atoms with Gasteiger partial charge in [0, 0.05) is 38.3 Å². The van der Waals surface area contributed by atoms with Crippen molar-refractivity contribution in [2.24, 2.45) is 5.92 Å². The van der Waals surface area contributed by atoms with Gasteiger partial charge in [-0.15, -0.1) is 0 Å². The van der Waals surface area contributed by atoms with Crippen molar-refractivity contribution >= 4 is 54.4 Å². The number of hydrogen-bond acceptors (Lipinski definition) is 0. The van der Waals surface area contributed by atoms with E-state index in [-0.39, 0.29) is 0 Å². The summed E-state index contributed by atoms with van der Waals surface area (Å²) in [6.45, 7) is 4.76. The average Bonchev–Trinajstić information content (AvgIpc) is 3.44. The Labute approximate surface area is 245 Å². The topological polar surface area (TPSA) is 20.7 Å². The lowest BCUT2D eigenvalue weighted by molar-refractivity contribution is 0.643. The zero-order valence-corrected chi connectivity index (χ0v) is 24.0. The van der Waals surface area contributed by atoms with E-state index in [0.29, 0.717) is 5.41 Å². The zero-order valence-electron chi connectivity index (χ0n) is 24.0. The summed E-state index contributed by atoms with van der Waals surface area (Å²) in [6, 6.07) is 45.1. The van der Waals surface area contributed by atoms with Gasteiger partial charge in [-0.05, 0) is 106 Å². The number of aromatic nitrogens is 2. The van der Waals surface area contributed by atoms with E-state index < -0.39 is 0 Å². The SMILES string of the molecule is CCC1CC1(C)c1ccc2[nH]c3ccc(-c4ccc5c(c4)c4cc6ccccc6cc4n5-c4ccccc4)cc3c2c1. The summed E-state index contributed by atoms with van der Waals surface area (Å²) in [6.07, 6.45) is 2.56. The number of hydrogen-bond donors (Lipinski definition) is 1. The minimum atomic E-state index is 0.326. The van der Waals surface area contributed by atoms with Gasteiger partial charge in [-0.1, -0.05) is 80.9 Å². The van der Waals surface area contributed by atoms with Crippen molar-refractivity contribution < 1.29 is 0 Å². The fourth-order valence-electron chi connectivity index (χ4n) is 7.57. The van der Waals surface area contributed by atoms with Crippen molar-refractivity contribution in [1.82, 2.24) is 9.55 Å². The lowest BCUT2D eigenvalue weighted by Crippen LogP contribution is -2.03. The molecule has 0 radical (unpaired) electrons. The largest absolute Gasteiger partial charge is 0.355 e. The summed E-state index contributed by atoms with van der Waals surface area (Å²) >= 11 is 0. The van der Waals surface area contributed by atoms with Gasteiger partial charge in [0.05, 0.1) is 11.0 Å². The second kappa shape index (κ2) is 8.59. The molecule has 1 fully saturated rings. The van der Waals surface area contributed by atoms with Gasteiger partial charge in [0.15, 0.2) is 0 Å². The molecule has 2 heterocycles. The van der Waals surface area contributed by atoms with Crippen LogP contribution in [0.1, 0.15) is 32.3 Å². The van der Waals surface area contributed by atoms with Crippen LogP contribution in [0.2, 0.25) is 0 Å². The van der Waals surface area contributed by atoms with Crippen molar-refractivity contribution in [2.75, 3.05) is 0 Å². The molecule has 42 heavy (non-hydrogen) atoms. The van der Waals surface area contributed by atoms with Crippen LogP contribution in [-0.4, -0.2) is 9.55 Å². The second-order valence-electron chi connectivity index (χ2n) is 12.5. The van der Waals surface area contributed by atoms with Gasteiger partial charge in [0.1, 0.15) is 0 Å². The molecule has 2 aromatic heterocycles. The Balaban J connectivity index is 1.25. The molecule has 2 heteroatoms. The molecule has 1 aliphatic rings. The van der Waals surface area contributed by atoms with Crippen molar-refractivity contribution in [1.29, 1.82) is 0 Å². The summed E-state index contributed by atoms with van der Waals surface area (Å²) in [5, 5.41) is 7.74. The van der Waals surface area contributed by atoms with Gasteiger partial charge in [-0.25, -0.2) is 0 Å². The summed E-state index contributed by atoms with van der Waals surface area (Å²) in [5.74, 6) is 0.803. The van der Waals surface area contributed by atoms with E-state index in [0.717, 1.165) is 5.92 Å². The molecule has 8 aromatic rings. The molecule has 1 aliphatic carbocycles. The van der Waals surface area contributed by atoms with Gasteiger partial charge in [-0.2, -0.15) is 0 Å². The average molecular weight is 541 g/mol. The number of aromatic amines is 1. The van der Waals surface area contributed by atoms with Crippen LogP contribution in [0, 0.1) is 5.92 Å². The summed E-state index contributed by atoms with van der Waals surface area (Å²) in [4.78, 5) is 3.67. The molecule has 0 amide bonds. The number of nitrogens with zero attached hydrogens (tertiary/aromatic N) is 1. The predicted octanol–water partition coefficient (Wildman–Crippen LogP) is 10.9. The minimum Gasteiger partial charge on any atom is -0.355 e. The van der Waals surface area contributed by atoms with Crippen LogP contribution in [0.4, 0.5) is 0 Å². The lowest BCUT2D eigenvalue weighted by atomic mass is 9.93. The van der Waals surface area contributed by atoms with Gasteiger partial charge < -0.3 is 9.55 Å². The fraction of sp³-hybridized carbons (Fsp3) is 0.150. The number of para-hydroxylation sites is 1. The van der Waals surface area contributed by atoms with E-state index in [4.69, 9.17) is 0 Å². The highest BCUT2D eigenvalue weighted by molar-refractivity contribution is 6.15. The van der Waals surface area contributed by atoms with Gasteiger partial charge in [0.2, 0.25) is 0 Å². The maximum atomic E-state index is 3.67. The van der Waals surface area contributed by atoms with Crippen LogP contribution in [0.15, 0.2) is 121 Å². The highest BCUT2D eigenvalue weighted by atomic mass is 15.0. The lowest BCUT2D eigenvalue weighted by Gasteiger charge is -2.11. The van der Waals surface area contributed by atoms with Gasteiger partial charge in [0.25, 0.3) is 0 Å². The molecule has 0 spiro atoms.